The molecule has 3 N–H and O–H groups in total. The maximum Gasteiger partial charge on any atom is 0.328 e. The summed E-state index contributed by atoms with van der Waals surface area (Å²) in [6.45, 7) is 1.28. The van der Waals surface area contributed by atoms with E-state index < -0.39 is 17.1 Å². The van der Waals surface area contributed by atoms with Gasteiger partial charge in [0.25, 0.3) is 5.56 Å². The van der Waals surface area contributed by atoms with E-state index in [1.165, 1.54) is 6.92 Å². The van der Waals surface area contributed by atoms with Crippen LogP contribution in [0.2, 0.25) is 0 Å². The van der Waals surface area contributed by atoms with Crippen molar-refractivity contribution in [2.24, 2.45) is 0 Å². The second-order valence-electron chi connectivity index (χ2n) is 2.61. The summed E-state index contributed by atoms with van der Waals surface area (Å²) in [5.74, 6) is -0.822. The predicted molar refractivity (Wildman–Crippen MR) is 43.7 cm³/mol. The fourth-order valence-corrected chi connectivity index (χ4v) is 0.913. The molecule has 13 heavy (non-hydrogen) atoms. The first-order valence-corrected chi connectivity index (χ1v) is 3.54. The van der Waals surface area contributed by atoms with E-state index in [9.17, 15) is 14.4 Å². The number of carbonyl (C=O) groups excluding carboxylic acids is 1. The Hall–Kier alpha value is -1.85. The molecule has 6 nitrogen and oxygen atoms in total. The number of hydrogen-bond acceptors (Lipinski definition) is 4. The summed E-state index contributed by atoms with van der Waals surface area (Å²) in [7, 11) is 0. The molecule has 0 saturated heterocycles. The van der Waals surface area contributed by atoms with Crippen LogP contribution in [0.15, 0.2) is 9.59 Å². The Balaban J connectivity index is 3.29. The third-order valence-corrected chi connectivity index (χ3v) is 1.44. The zero-order valence-corrected chi connectivity index (χ0v) is 6.88. The van der Waals surface area contributed by atoms with Gasteiger partial charge in [0.2, 0.25) is 5.88 Å². The van der Waals surface area contributed by atoms with E-state index in [4.69, 9.17) is 5.11 Å². The maximum atomic E-state index is 11.0. The molecular weight excluding hydrogens is 176 g/mol. The van der Waals surface area contributed by atoms with E-state index in [2.05, 4.69) is 0 Å². The van der Waals surface area contributed by atoms with E-state index in [0.29, 0.717) is 0 Å². The molecule has 0 spiro atoms. The van der Waals surface area contributed by atoms with E-state index in [-0.39, 0.29) is 17.8 Å². The van der Waals surface area contributed by atoms with Crippen LogP contribution in [-0.4, -0.2) is 20.9 Å². The van der Waals surface area contributed by atoms with Crippen molar-refractivity contribution in [2.45, 2.75) is 13.3 Å². The molecule has 0 saturated carbocycles. The van der Waals surface area contributed by atoms with Gasteiger partial charge >= 0.3 is 5.69 Å². The lowest BCUT2D eigenvalue weighted by Gasteiger charge is -1.98. The molecule has 0 amide bonds. The summed E-state index contributed by atoms with van der Waals surface area (Å²) >= 11 is 0. The number of rotatable bonds is 2. The zero-order chi connectivity index (χ0) is 10.0. The van der Waals surface area contributed by atoms with Crippen molar-refractivity contribution >= 4 is 5.78 Å². The molecule has 0 bridgehead atoms. The van der Waals surface area contributed by atoms with Crippen LogP contribution in [-0.2, 0) is 11.2 Å². The van der Waals surface area contributed by atoms with E-state index in [1.54, 1.807) is 0 Å². The van der Waals surface area contributed by atoms with Crippen molar-refractivity contribution in [1.82, 2.24) is 9.97 Å². The summed E-state index contributed by atoms with van der Waals surface area (Å²) in [6.07, 6.45) is -0.196. The second kappa shape index (κ2) is 3.26. The number of aromatic hydroxyl groups is 1. The first-order valence-electron chi connectivity index (χ1n) is 3.54. The summed E-state index contributed by atoms with van der Waals surface area (Å²) < 4.78 is 0. The number of aromatic nitrogens is 2. The Morgan fingerprint density at radius 1 is 1.38 bits per heavy atom. The number of aromatic amines is 2. The number of ketones is 1. The van der Waals surface area contributed by atoms with Crippen LogP contribution in [0.4, 0.5) is 0 Å². The molecule has 0 atom stereocenters. The van der Waals surface area contributed by atoms with Crippen LogP contribution in [0.5, 0.6) is 5.88 Å². The molecule has 0 aliphatic rings. The molecule has 6 heteroatoms. The van der Waals surface area contributed by atoms with Crippen molar-refractivity contribution in [3.05, 3.63) is 26.4 Å². The van der Waals surface area contributed by atoms with Crippen molar-refractivity contribution < 1.29 is 9.90 Å². The smallest absolute Gasteiger partial charge is 0.328 e. The SMILES string of the molecule is CC(=O)Cc1c(O)[nH]c(=O)[nH]c1=O. The highest BCUT2D eigenvalue weighted by Gasteiger charge is 2.09. The van der Waals surface area contributed by atoms with Gasteiger partial charge in [-0.15, -0.1) is 0 Å². The summed E-state index contributed by atoms with van der Waals surface area (Å²) in [6, 6.07) is 0. The molecule has 0 radical (unpaired) electrons. The van der Waals surface area contributed by atoms with Crippen LogP contribution in [0.3, 0.4) is 0 Å². The first-order chi connectivity index (χ1) is 6.00. The molecule has 0 aromatic carbocycles. The Labute approximate surface area is 72.2 Å². The van der Waals surface area contributed by atoms with Crippen LogP contribution >= 0.6 is 0 Å². The molecule has 1 aromatic rings. The van der Waals surface area contributed by atoms with Gasteiger partial charge in [-0.2, -0.15) is 0 Å². The van der Waals surface area contributed by atoms with E-state index in [0.717, 1.165) is 0 Å². The molecule has 0 aliphatic heterocycles. The van der Waals surface area contributed by atoms with Crippen LogP contribution in [0.1, 0.15) is 12.5 Å². The van der Waals surface area contributed by atoms with Gasteiger partial charge in [-0.1, -0.05) is 0 Å². The van der Waals surface area contributed by atoms with Gasteiger partial charge in [-0.05, 0) is 6.92 Å². The molecule has 70 valence electrons. The highest BCUT2D eigenvalue weighted by Crippen LogP contribution is 2.05. The fourth-order valence-electron chi connectivity index (χ4n) is 0.913. The Morgan fingerprint density at radius 2 is 2.00 bits per heavy atom. The quantitative estimate of drug-likeness (QED) is 0.542. The monoisotopic (exact) mass is 184 g/mol. The van der Waals surface area contributed by atoms with Gasteiger partial charge in [0, 0.05) is 6.42 Å². The van der Waals surface area contributed by atoms with Crippen LogP contribution < -0.4 is 11.2 Å². The van der Waals surface area contributed by atoms with Crippen LogP contribution in [0, 0.1) is 0 Å². The third kappa shape index (κ3) is 2.05. The highest BCUT2D eigenvalue weighted by molar-refractivity contribution is 5.78. The first kappa shape index (κ1) is 9.24. The zero-order valence-electron chi connectivity index (χ0n) is 6.88. The van der Waals surface area contributed by atoms with Crippen molar-refractivity contribution in [3.63, 3.8) is 0 Å². The largest absolute Gasteiger partial charge is 0.494 e. The Morgan fingerprint density at radius 3 is 2.46 bits per heavy atom. The lowest BCUT2D eigenvalue weighted by molar-refractivity contribution is -0.116. The second-order valence-corrected chi connectivity index (χ2v) is 2.61. The molecular formula is C7H8N2O4. The average molecular weight is 184 g/mol. The van der Waals surface area contributed by atoms with Gasteiger partial charge < -0.3 is 5.11 Å². The lowest BCUT2D eigenvalue weighted by atomic mass is 10.2. The Bertz CT molecular complexity index is 443. The fraction of sp³-hybridized carbons (Fsp3) is 0.286. The minimum absolute atomic E-state index is 0.118. The number of Topliss-reactive ketones (excluding diaryl/α,β-unsaturated/α-hetero) is 1. The third-order valence-electron chi connectivity index (χ3n) is 1.44. The van der Waals surface area contributed by atoms with Gasteiger partial charge in [-0.25, -0.2) is 4.79 Å². The predicted octanol–water partition coefficient (Wildman–Crippen LogP) is -1.10. The summed E-state index contributed by atoms with van der Waals surface area (Å²) in [5.41, 5.74) is -1.65. The molecule has 1 rings (SSSR count). The summed E-state index contributed by atoms with van der Waals surface area (Å²) in [4.78, 5) is 36.1. The van der Waals surface area contributed by atoms with E-state index >= 15 is 0 Å². The van der Waals surface area contributed by atoms with Crippen molar-refractivity contribution in [2.75, 3.05) is 0 Å². The molecule has 0 aliphatic carbocycles. The number of carbonyl (C=O) groups is 1. The van der Waals surface area contributed by atoms with Gasteiger partial charge in [-0.3, -0.25) is 19.6 Å². The maximum absolute atomic E-state index is 11.0. The van der Waals surface area contributed by atoms with E-state index in [1.807, 2.05) is 9.97 Å². The lowest BCUT2D eigenvalue weighted by Crippen LogP contribution is -2.26. The van der Waals surface area contributed by atoms with Gasteiger partial charge in [0.15, 0.2) is 0 Å². The van der Waals surface area contributed by atoms with Gasteiger partial charge in [0.1, 0.15) is 5.78 Å². The van der Waals surface area contributed by atoms with Crippen molar-refractivity contribution in [1.29, 1.82) is 0 Å². The Kier molecular flexibility index (Phi) is 2.32. The normalized spacial score (nSPS) is 9.92. The molecule has 0 fully saturated rings. The molecule has 1 aromatic heterocycles. The minimum atomic E-state index is -0.796. The minimum Gasteiger partial charge on any atom is -0.494 e. The average Bonchev–Trinajstić information content (AvgIpc) is 1.96. The number of nitrogens with one attached hydrogen (secondary N) is 2. The summed E-state index contributed by atoms with van der Waals surface area (Å²) in [5, 5.41) is 9.09. The molecule has 1 heterocycles. The van der Waals surface area contributed by atoms with Crippen LogP contribution in [0.25, 0.3) is 0 Å². The highest BCUT2D eigenvalue weighted by atomic mass is 16.3. The molecule has 0 unspecified atom stereocenters. The number of hydrogen-bond donors (Lipinski definition) is 3. The van der Waals surface area contributed by atoms with Gasteiger partial charge in [0.05, 0.1) is 5.56 Å². The van der Waals surface area contributed by atoms with Crippen molar-refractivity contribution in [3.8, 4) is 5.88 Å². The topological polar surface area (TPSA) is 103 Å². The standard InChI is InChI=1S/C7H8N2O4/c1-3(10)2-4-5(11)8-7(13)9-6(4)12/h2H2,1H3,(H3,8,9,11,12,13). The number of H-pyrrole nitrogens is 2.